The zero-order valence-corrected chi connectivity index (χ0v) is 13.6. The molecule has 2 aromatic rings. The van der Waals surface area contributed by atoms with E-state index in [1.54, 1.807) is 4.57 Å². The predicted molar refractivity (Wildman–Crippen MR) is 92.2 cm³/mol. The van der Waals surface area contributed by atoms with Crippen molar-refractivity contribution in [1.82, 2.24) is 9.55 Å². The second kappa shape index (κ2) is 5.88. The highest BCUT2D eigenvalue weighted by Crippen LogP contribution is 2.25. The lowest BCUT2D eigenvalue weighted by atomic mass is 10.2. The second-order valence-electron chi connectivity index (χ2n) is 6.42. The number of aromatic nitrogens is 2. The first-order valence-electron chi connectivity index (χ1n) is 7.70. The number of hydrogen-bond donors (Lipinski definition) is 0. The maximum absolute atomic E-state index is 12.7. The Hall–Kier alpha value is -2.62. The van der Waals surface area contributed by atoms with Gasteiger partial charge in [0.1, 0.15) is 11.4 Å². The average molecular weight is 308 g/mol. The van der Waals surface area contributed by atoms with Crippen LogP contribution < -0.4 is 0 Å². The van der Waals surface area contributed by atoms with E-state index >= 15 is 0 Å². The summed E-state index contributed by atoms with van der Waals surface area (Å²) in [6, 6.07) is 7.60. The maximum Gasteiger partial charge on any atom is 0.420 e. The molecule has 0 unspecified atom stereocenters. The van der Waals surface area contributed by atoms with E-state index in [0.717, 1.165) is 23.0 Å². The minimum atomic E-state index is -0.561. The van der Waals surface area contributed by atoms with E-state index in [4.69, 9.17) is 4.74 Å². The van der Waals surface area contributed by atoms with Crippen LogP contribution in [0.15, 0.2) is 54.6 Å². The van der Waals surface area contributed by atoms with E-state index in [1.807, 2.05) is 63.3 Å². The summed E-state index contributed by atoms with van der Waals surface area (Å²) in [6.07, 6.45) is 10.4. The van der Waals surface area contributed by atoms with Crippen LogP contribution in [-0.4, -0.2) is 21.2 Å². The van der Waals surface area contributed by atoms with Crippen LogP contribution in [0.1, 0.15) is 33.0 Å². The van der Waals surface area contributed by atoms with Gasteiger partial charge in [0.15, 0.2) is 0 Å². The molecule has 0 spiro atoms. The summed E-state index contributed by atoms with van der Waals surface area (Å²) in [5, 5.41) is 0. The van der Waals surface area contributed by atoms with Gasteiger partial charge in [0.2, 0.25) is 0 Å². The fraction of sp³-hybridized carbons (Fsp3) is 0.263. The molecule has 23 heavy (non-hydrogen) atoms. The largest absolute Gasteiger partial charge is 0.443 e. The zero-order chi connectivity index (χ0) is 16.4. The highest BCUT2D eigenvalue weighted by molar-refractivity contribution is 5.92. The standard InChI is InChI=1S/C19H20N2O2/c1-19(2,3)23-18(22)21-16-13-9-8-12-15(16)20-17(21)14-10-6-4-5-7-11-14/h4-6,8-13H,7H2,1-3H3. The van der Waals surface area contributed by atoms with Crippen molar-refractivity contribution in [2.45, 2.75) is 32.8 Å². The minimum Gasteiger partial charge on any atom is -0.443 e. The summed E-state index contributed by atoms with van der Waals surface area (Å²) in [5.74, 6) is 0.611. The van der Waals surface area contributed by atoms with Gasteiger partial charge >= 0.3 is 6.09 Å². The number of imidazole rings is 1. The molecule has 1 aliphatic carbocycles. The summed E-state index contributed by atoms with van der Waals surface area (Å²) in [7, 11) is 0. The number of carbonyl (C=O) groups is 1. The summed E-state index contributed by atoms with van der Waals surface area (Å²) >= 11 is 0. The van der Waals surface area contributed by atoms with Gasteiger partial charge in [-0.1, -0.05) is 42.5 Å². The Morgan fingerprint density at radius 2 is 2.00 bits per heavy atom. The van der Waals surface area contributed by atoms with Crippen molar-refractivity contribution in [3.63, 3.8) is 0 Å². The van der Waals surface area contributed by atoms with Crippen molar-refractivity contribution in [2.24, 2.45) is 0 Å². The molecule has 0 saturated carbocycles. The van der Waals surface area contributed by atoms with Crippen molar-refractivity contribution in [1.29, 1.82) is 0 Å². The molecule has 0 saturated heterocycles. The van der Waals surface area contributed by atoms with Gasteiger partial charge in [-0.05, 0) is 39.3 Å². The van der Waals surface area contributed by atoms with E-state index in [1.165, 1.54) is 0 Å². The Morgan fingerprint density at radius 3 is 2.78 bits per heavy atom. The Labute approximate surface area is 135 Å². The van der Waals surface area contributed by atoms with Crippen molar-refractivity contribution >= 4 is 22.7 Å². The maximum atomic E-state index is 12.7. The van der Waals surface area contributed by atoms with Crippen LogP contribution >= 0.6 is 0 Å². The number of rotatable bonds is 1. The molecule has 1 aromatic heterocycles. The highest BCUT2D eigenvalue weighted by atomic mass is 16.6. The Kier molecular flexibility index (Phi) is 3.90. The Bertz CT molecular complexity index is 833. The fourth-order valence-electron chi connectivity index (χ4n) is 2.46. The van der Waals surface area contributed by atoms with Crippen molar-refractivity contribution in [2.75, 3.05) is 0 Å². The number of nitrogens with zero attached hydrogens (tertiary/aromatic N) is 2. The van der Waals surface area contributed by atoms with Gasteiger partial charge in [-0.3, -0.25) is 0 Å². The van der Waals surface area contributed by atoms with Gasteiger partial charge in [-0.25, -0.2) is 14.3 Å². The Morgan fingerprint density at radius 1 is 1.22 bits per heavy atom. The van der Waals surface area contributed by atoms with Crippen molar-refractivity contribution < 1.29 is 9.53 Å². The lowest BCUT2D eigenvalue weighted by Crippen LogP contribution is -2.28. The van der Waals surface area contributed by atoms with Crippen molar-refractivity contribution in [3.8, 4) is 0 Å². The summed E-state index contributed by atoms with van der Waals surface area (Å²) in [4.78, 5) is 17.4. The first-order chi connectivity index (χ1) is 11.0. The molecular formula is C19H20N2O2. The first-order valence-corrected chi connectivity index (χ1v) is 7.70. The molecular weight excluding hydrogens is 288 g/mol. The Balaban J connectivity index is 2.16. The SMILES string of the molecule is CC(C)(C)OC(=O)n1c(C2=CCC=CC=C2)nc2ccccc21. The van der Waals surface area contributed by atoms with Crippen molar-refractivity contribution in [3.05, 3.63) is 60.5 Å². The van der Waals surface area contributed by atoms with Gasteiger partial charge in [-0.15, -0.1) is 0 Å². The summed E-state index contributed by atoms with van der Waals surface area (Å²) in [6.45, 7) is 5.58. The third-order valence-corrected chi connectivity index (χ3v) is 3.39. The number of carbonyl (C=O) groups excluding carboxylic acids is 1. The van der Waals surface area contributed by atoms with Gasteiger partial charge in [0, 0.05) is 5.57 Å². The molecule has 0 aliphatic heterocycles. The zero-order valence-electron chi connectivity index (χ0n) is 13.6. The number of fused-ring (bicyclic) bond motifs is 1. The van der Waals surface area contributed by atoms with E-state index < -0.39 is 11.7 Å². The lowest BCUT2D eigenvalue weighted by molar-refractivity contribution is 0.0542. The molecule has 0 atom stereocenters. The molecule has 0 radical (unpaired) electrons. The minimum absolute atomic E-state index is 0.410. The first kappa shape index (κ1) is 15.3. The monoisotopic (exact) mass is 308 g/mol. The smallest absolute Gasteiger partial charge is 0.420 e. The van der Waals surface area contributed by atoms with Gasteiger partial charge in [-0.2, -0.15) is 0 Å². The van der Waals surface area contributed by atoms with Gasteiger partial charge in [0.25, 0.3) is 0 Å². The van der Waals surface area contributed by atoms with E-state index in [-0.39, 0.29) is 0 Å². The number of ether oxygens (including phenoxy) is 1. The molecule has 3 rings (SSSR count). The summed E-state index contributed by atoms with van der Waals surface area (Å²) in [5.41, 5.74) is 1.88. The molecule has 118 valence electrons. The van der Waals surface area contributed by atoms with E-state index in [9.17, 15) is 4.79 Å². The number of allylic oxidation sites excluding steroid dienone is 6. The third-order valence-electron chi connectivity index (χ3n) is 3.39. The van der Waals surface area contributed by atoms with Crippen LogP contribution in [0.25, 0.3) is 16.6 Å². The molecule has 1 heterocycles. The van der Waals surface area contributed by atoms with Crippen LogP contribution in [0.4, 0.5) is 4.79 Å². The van der Waals surface area contributed by atoms with Crippen LogP contribution in [0, 0.1) is 0 Å². The molecule has 4 nitrogen and oxygen atoms in total. The quantitative estimate of drug-likeness (QED) is 0.765. The van der Waals surface area contributed by atoms with E-state index in [2.05, 4.69) is 17.1 Å². The average Bonchev–Trinajstić information content (AvgIpc) is 2.65. The van der Waals surface area contributed by atoms with Crippen LogP contribution in [-0.2, 0) is 4.74 Å². The third kappa shape index (κ3) is 3.26. The number of para-hydroxylation sites is 2. The molecule has 1 aliphatic rings. The highest BCUT2D eigenvalue weighted by Gasteiger charge is 2.24. The normalized spacial score (nSPS) is 14.7. The van der Waals surface area contributed by atoms with Gasteiger partial charge in [0.05, 0.1) is 11.0 Å². The van der Waals surface area contributed by atoms with E-state index in [0.29, 0.717) is 5.82 Å². The molecule has 0 N–H and O–H groups in total. The molecule has 1 aromatic carbocycles. The lowest BCUT2D eigenvalue weighted by Gasteiger charge is -2.20. The molecule has 0 fully saturated rings. The molecule has 4 heteroatoms. The number of hydrogen-bond acceptors (Lipinski definition) is 3. The number of benzene rings is 1. The summed E-state index contributed by atoms with van der Waals surface area (Å²) < 4.78 is 7.13. The topological polar surface area (TPSA) is 44.1 Å². The van der Waals surface area contributed by atoms with Crippen LogP contribution in [0.2, 0.25) is 0 Å². The van der Waals surface area contributed by atoms with Crippen LogP contribution in [0.3, 0.4) is 0 Å². The predicted octanol–water partition coefficient (Wildman–Crippen LogP) is 4.72. The van der Waals surface area contributed by atoms with Crippen LogP contribution in [0.5, 0.6) is 0 Å². The second-order valence-corrected chi connectivity index (χ2v) is 6.42. The molecule has 0 amide bonds. The molecule has 0 bridgehead atoms. The fourth-order valence-corrected chi connectivity index (χ4v) is 2.46. The van der Waals surface area contributed by atoms with Gasteiger partial charge < -0.3 is 4.74 Å².